The smallest absolute Gasteiger partial charge is 0.246 e. The molecule has 0 radical (unpaired) electrons. The monoisotopic (exact) mass is 371 g/mol. The van der Waals surface area contributed by atoms with Gasteiger partial charge in [0.15, 0.2) is 5.13 Å². The van der Waals surface area contributed by atoms with Gasteiger partial charge in [-0.05, 0) is 36.5 Å². The molecule has 1 saturated heterocycles. The van der Waals surface area contributed by atoms with Crippen LogP contribution < -0.4 is 5.32 Å². The van der Waals surface area contributed by atoms with Crippen molar-refractivity contribution in [3.63, 3.8) is 0 Å². The molecule has 2 bridgehead atoms. The summed E-state index contributed by atoms with van der Waals surface area (Å²) in [5.41, 5.74) is 0.581. The Hall–Kier alpha value is -2.61. The molecule has 2 fully saturated rings. The number of thiazole rings is 1. The number of hydrogen-bond acceptors (Lipinski definition) is 5. The van der Waals surface area contributed by atoms with E-state index in [0.717, 1.165) is 22.7 Å². The number of halogens is 1. The van der Waals surface area contributed by atoms with E-state index in [1.165, 1.54) is 18.2 Å². The number of amides is 3. The molecule has 5 rings (SSSR count). The highest BCUT2D eigenvalue weighted by atomic mass is 32.1. The van der Waals surface area contributed by atoms with Gasteiger partial charge in [0.05, 0.1) is 22.1 Å². The van der Waals surface area contributed by atoms with Gasteiger partial charge in [-0.3, -0.25) is 19.3 Å². The van der Waals surface area contributed by atoms with Gasteiger partial charge in [0.2, 0.25) is 17.7 Å². The first-order chi connectivity index (χ1) is 12.5. The quantitative estimate of drug-likeness (QED) is 0.663. The van der Waals surface area contributed by atoms with E-state index in [0.29, 0.717) is 15.3 Å². The zero-order valence-corrected chi connectivity index (χ0v) is 14.3. The van der Waals surface area contributed by atoms with Crippen LogP contribution in [0.15, 0.2) is 30.4 Å². The summed E-state index contributed by atoms with van der Waals surface area (Å²) >= 11 is 1.15. The predicted octanol–water partition coefficient (Wildman–Crippen LogP) is 2.18. The molecule has 132 valence electrons. The SMILES string of the molecule is O=C(CN1C(=O)[C@H]2[C@H](C1=O)[C@H]1C=C[C@H]2C1)Nc1nc2ccc(F)cc2s1. The Bertz CT molecular complexity index is 971. The number of nitrogens with zero attached hydrogens (tertiary/aromatic N) is 2. The molecule has 2 heterocycles. The number of aromatic nitrogens is 1. The first kappa shape index (κ1) is 15.6. The lowest BCUT2D eigenvalue weighted by atomic mass is 9.85. The Morgan fingerprint density at radius 2 is 1.92 bits per heavy atom. The Kier molecular flexibility index (Phi) is 3.27. The first-order valence-electron chi connectivity index (χ1n) is 8.41. The van der Waals surface area contributed by atoms with Gasteiger partial charge in [-0.1, -0.05) is 23.5 Å². The summed E-state index contributed by atoms with van der Waals surface area (Å²) in [6, 6.07) is 4.19. The summed E-state index contributed by atoms with van der Waals surface area (Å²) in [7, 11) is 0. The minimum Gasteiger partial charge on any atom is -0.300 e. The molecule has 1 aliphatic heterocycles. The average molecular weight is 371 g/mol. The number of anilines is 1. The number of benzene rings is 1. The lowest BCUT2D eigenvalue weighted by molar-refractivity contribution is -0.143. The molecule has 1 N–H and O–H groups in total. The van der Waals surface area contributed by atoms with E-state index in [1.807, 2.05) is 12.2 Å². The van der Waals surface area contributed by atoms with Crippen LogP contribution in [0.25, 0.3) is 10.2 Å². The van der Waals surface area contributed by atoms with Crippen LogP contribution in [0, 0.1) is 29.5 Å². The molecule has 4 atom stereocenters. The number of hydrogen-bond donors (Lipinski definition) is 1. The largest absolute Gasteiger partial charge is 0.300 e. The van der Waals surface area contributed by atoms with Gasteiger partial charge in [-0.2, -0.15) is 0 Å². The third kappa shape index (κ3) is 2.21. The lowest BCUT2D eigenvalue weighted by Crippen LogP contribution is -2.39. The second-order valence-corrected chi connectivity index (χ2v) is 7.97. The second-order valence-electron chi connectivity index (χ2n) is 6.94. The molecule has 3 amide bonds. The number of likely N-dealkylation sites (tertiary alicyclic amines) is 1. The van der Waals surface area contributed by atoms with Crippen molar-refractivity contribution >= 4 is 44.4 Å². The fourth-order valence-corrected chi connectivity index (χ4v) is 5.28. The van der Waals surface area contributed by atoms with E-state index in [2.05, 4.69) is 10.3 Å². The van der Waals surface area contributed by atoms with Gasteiger partial charge in [0.1, 0.15) is 12.4 Å². The summed E-state index contributed by atoms with van der Waals surface area (Å²) < 4.78 is 13.9. The summed E-state index contributed by atoms with van der Waals surface area (Å²) in [5.74, 6) is -1.74. The van der Waals surface area contributed by atoms with Crippen molar-refractivity contribution in [2.75, 3.05) is 11.9 Å². The van der Waals surface area contributed by atoms with Gasteiger partial charge in [-0.25, -0.2) is 9.37 Å². The van der Waals surface area contributed by atoms with Crippen LogP contribution in [-0.4, -0.2) is 34.2 Å². The van der Waals surface area contributed by atoms with E-state index < -0.39 is 5.91 Å². The van der Waals surface area contributed by atoms with Crippen LogP contribution in [0.3, 0.4) is 0 Å². The molecule has 26 heavy (non-hydrogen) atoms. The number of rotatable bonds is 3. The molecule has 0 spiro atoms. The van der Waals surface area contributed by atoms with Gasteiger partial charge >= 0.3 is 0 Å². The zero-order chi connectivity index (χ0) is 18.0. The van der Waals surface area contributed by atoms with E-state index in [4.69, 9.17) is 0 Å². The Labute approximate surface area is 151 Å². The molecule has 3 aliphatic rings. The Balaban J connectivity index is 1.31. The first-order valence-corrected chi connectivity index (χ1v) is 9.22. The minimum absolute atomic E-state index is 0.119. The van der Waals surface area contributed by atoms with Crippen molar-refractivity contribution in [1.29, 1.82) is 0 Å². The van der Waals surface area contributed by atoms with E-state index in [9.17, 15) is 18.8 Å². The number of allylic oxidation sites excluding steroid dienone is 2. The van der Waals surface area contributed by atoms with Crippen LogP contribution in [0.5, 0.6) is 0 Å². The van der Waals surface area contributed by atoms with Gasteiger partial charge in [0, 0.05) is 0 Å². The summed E-state index contributed by atoms with van der Waals surface area (Å²) in [5, 5.41) is 2.92. The van der Waals surface area contributed by atoms with Crippen molar-refractivity contribution < 1.29 is 18.8 Å². The number of nitrogens with one attached hydrogen (secondary N) is 1. The molecule has 2 aromatic rings. The van der Waals surface area contributed by atoms with E-state index >= 15 is 0 Å². The molecule has 1 aromatic heterocycles. The maximum Gasteiger partial charge on any atom is 0.246 e. The van der Waals surface area contributed by atoms with Crippen LogP contribution in [0.4, 0.5) is 9.52 Å². The van der Waals surface area contributed by atoms with E-state index in [1.54, 1.807) is 0 Å². The minimum atomic E-state index is -0.480. The van der Waals surface area contributed by atoms with Crippen LogP contribution >= 0.6 is 11.3 Å². The fraction of sp³-hybridized carbons (Fsp3) is 0.333. The van der Waals surface area contributed by atoms with E-state index in [-0.39, 0.29) is 47.8 Å². The summed E-state index contributed by atoms with van der Waals surface area (Å²) in [6.45, 7) is -0.311. The molecule has 6 nitrogen and oxygen atoms in total. The molecular formula is C18H14FN3O3S. The molecular weight excluding hydrogens is 357 g/mol. The summed E-state index contributed by atoms with van der Waals surface area (Å²) in [6.07, 6.45) is 4.89. The molecule has 8 heteroatoms. The highest BCUT2D eigenvalue weighted by Crippen LogP contribution is 2.52. The summed E-state index contributed by atoms with van der Waals surface area (Å²) in [4.78, 5) is 42.8. The van der Waals surface area contributed by atoms with Gasteiger partial charge in [-0.15, -0.1) is 0 Å². The highest BCUT2D eigenvalue weighted by Gasteiger charge is 2.59. The molecule has 1 aromatic carbocycles. The second kappa shape index (κ2) is 5.44. The maximum absolute atomic E-state index is 13.3. The Morgan fingerprint density at radius 1 is 1.23 bits per heavy atom. The molecule has 1 saturated carbocycles. The lowest BCUT2D eigenvalue weighted by Gasteiger charge is -2.16. The third-order valence-corrected chi connectivity index (χ3v) is 6.39. The number of fused-ring (bicyclic) bond motifs is 6. The van der Waals surface area contributed by atoms with Crippen molar-refractivity contribution in [3.05, 3.63) is 36.2 Å². The van der Waals surface area contributed by atoms with Crippen molar-refractivity contribution in [2.24, 2.45) is 23.7 Å². The highest BCUT2D eigenvalue weighted by molar-refractivity contribution is 7.22. The maximum atomic E-state index is 13.3. The zero-order valence-electron chi connectivity index (χ0n) is 13.5. The number of carbonyl (C=O) groups is 3. The van der Waals surface area contributed by atoms with Crippen molar-refractivity contribution in [2.45, 2.75) is 6.42 Å². The third-order valence-electron chi connectivity index (χ3n) is 5.46. The fourth-order valence-electron chi connectivity index (χ4n) is 4.37. The van der Waals surface area contributed by atoms with Crippen LogP contribution in [-0.2, 0) is 14.4 Å². The number of imide groups is 1. The standard InChI is InChI=1S/C18H14FN3O3S/c19-10-3-4-11-12(6-10)26-18(20-11)21-13(23)7-22-16(24)14-8-1-2-9(5-8)15(14)17(22)25/h1-4,6,8-9,14-15H,5,7H2,(H,20,21,23)/t8-,9-,14+,15+/m0/s1. The average Bonchev–Trinajstić information content (AvgIpc) is 3.34. The van der Waals surface area contributed by atoms with Crippen LogP contribution in [0.2, 0.25) is 0 Å². The van der Waals surface area contributed by atoms with Gasteiger partial charge in [0.25, 0.3) is 0 Å². The Morgan fingerprint density at radius 3 is 2.62 bits per heavy atom. The van der Waals surface area contributed by atoms with Crippen LogP contribution in [0.1, 0.15) is 6.42 Å². The van der Waals surface area contributed by atoms with Gasteiger partial charge < -0.3 is 5.32 Å². The molecule has 0 unspecified atom stereocenters. The van der Waals surface area contributed by atoms with Crippen molar-refractivity contribution in [1.82, 2.24) is 9.88 Å². The topological polar surface area (TPSA) is 79.4 Å². The normalized spacial score (nSPS) is 29.0. The molecule has 2 aliphatic carbocycles. The number of carbonyl (C=O) groups excluding carboxylic acids is 3. The predicted molar refractivity (Wildman–Crippen MR) is 92.6 cm³/mol. The van der Waals surface area contributed by atoms with Crippen molar-refractivity contribution in [3.8, 4) is 0 Å².